The van der Waals surface area contributed by atoms with Crippen LogP contribution in [-0.2, 0) is 13.0 Å². The van der Waals surface area contributed by atoms with Crippen LogP contribution in [-0.4, -0.2) is 29.8 Å². The molecule has 0 bridgehead atoms. The molecule has 1 saturated carbocycles. The van der Waals surface area contributed by atoms with Gasteiger partial charge in [0.1, 0.15) is 0 Å². The lowest BCUT2D eigenvalue weighted by Gasteiger charge is -2.27. The summed E-state index contributed by atoms with van der Waals surface area (Å²) in [5.74, 6) is 0.743. The number of nitrogens with zero attached hydrogens (tertiary/aromatic N) is 1. The van der Waals surface area contributed by atoms with Gasteiger partial charge in [-0.3, -0.25) is 9.59 Å². The summed E-state index contributed by atoms with van der Waals surface area (Å²) in [6, 6.07) is 11.4. The number of benzene rings is 1. The summed E-state index contributed by atoms with van der Waals surface area (Å²) in [4.78, 5) is 29.1. The van der Waals surface area contributed by atoms with Gasteiger partial charge in [-0.1, -0.05) is 37.5 Å². The first kappa shape index (κ1) is 18.2. The van der Waals surface area contributed by atoms with Gasteiger partial charge in [0.05, 0.1) is 4.88 Å². The molecule has 1 N–H and O–H groups in total. The Morgan fingerprint density at radius 1 is 1.11 bits per heavy atom. The summed E-state index contributed by atoms with van der Waals surface area (Å²) in [6.07, 6.45) is 7.21. The second kappa shape index (κ2) is 8.26. The predicted molar refractivity (Wildman–Crippen MR) is 108 cm³/mol. The maximum atomic E-state index is 12.7. The lowest BCUT2D eigenvalue weighted by molar-refractivity contribution is 0.0736. The molecule has 2 aliphatic rings. The second-order valence-corrected chi connectivity index (χ2v) is 8.75. The standard InChI is InChI=1S/C22H26N2O2S/c25-21(23-14-16-7-3-1-4-8-16)20-13-18-15-24(12-11-19(18)27-20)22(26)17-9-5-2-6-10-17/h2,5-6,9-10,13,16H,1,3-4,7-8,11-12,14-15H2,(H,23,25). The first-order valence-electron chi connectivity index (χ1n) is 9.95. The van der Waals surface area contributed by atoms with Crippen molar-refractivity contribution in [3.05, 3.63) is 57.3 Å². The predicted octanol–water partition coefficient (Wildman–Crippen LogP) is 4.26. The van der Waals surface area contributed by atoms with Crippen molar-refractivity contribution in [1.82, 2.24) is 10.2 Å². The van der Waals surface area contributed by atoms with E-state index in [1.807, 2.05) is 41.3 Å². The third-order valence-corrected chi connectivity index (χ3v) is 6.91. The highest BCUT2D eigenvalue weighted by atomic mass is 32.1. The van der Waals surface area contributed by atoms with Crippen LogP contribution in [0.4, 0.5) is 0 Å². The molecule has 1 aromatic heterocycles. The largest absolute Gasteiger partial charge is 0.351 e. The minimum atomic E-state index is 0.0425. The lowest BCUT2D eigenvalue weighted by atomic mass is 9.89. The Balaban J connectivity index is 1.38. The van der Waals surface area contributed by atoms with E-state index in [0.717, 1.165) is 29.0 Å². The van der Waals surface area contributed by atoms with E-state index in [4.69, 9.17) is 0 Å². The van der Waals surface area contributed by atoms with Gasteiger partial charge in [0, 0.05) is 30.1 Å². The van der Waals surface area contributed by atoms with E-state index in [1.165, 1.54) is 37.0 Å². The molecule has 5 heteroatoms. The monoisotopic (exact) mass is 382 g/mol. The molecule has 1 aromatic carbocycles. The van der Waals surface area contributed by atoms with E-state index in [2.05, 4.69) is 5.32 Å². The van der Waals surface area contributed by atoms with Gasteiger partial charge < -0.3 is 10.2 Å². The Bertz CT molecular complexity index is 809. The Morgan fingerprint density at radius 3 is 2.67 bits per heavy atom. The molecule has 4 rings (SSSR count). The van der Waals surface area contributed by atoms with Crippen molar-refractivity contribution in [2.45, 2.75) is 45.1 Å². The Morgan fingerprint density at radius 2 is 1.89 bits per heavy atom. The number of hydrogen-bond acceptors (Lipinski definition) is 3. The highest BCUT2D eigenvalue weighted by Gasteiger charge is 2.25. The van der Waals surface area contributed by atoms with E-state index in [-0.39, 0.29) is 11.8 Å². The van der Waals surface area contributed by atoms with Crippen molar-refractivity contribution in [3.8, 4) is 0 Å². The van der Waals surface area contributed by atoms with Crippen molar-refractivity contribution in [2.75, 3.05) is 13.1 Å². The highest BCUT2D eigenvalue weighted by molar-refractivity contribution is 7.14. The van der Waals surface area contributed by atoms with Crippen LogP contribution in [0.25, 0.3) is 0 Å². The van der Waals surface area contributed by atoms with Gasteiger partial charge in [-0.05, 0) is 48.9 Å². The topological polar surface area (TPSA) is 49.4 Å². The fraction of sp³-hybridized carbons (Fsp3) is 0.455. The van der Waals surface area contributed by atoms with Crippen LogP contribution in [0.3, 0.4) is 0 Å². The van der Waals surface area contributed by atoms with Crippen LogP contribution in [0.1, 0.15) is 62.6 Å². The Hall–Kier alpha value is -2.14. The lowest BCUT2D eigenvalue weighted by Crippen LogP contribution is -2.35. The molecule has 0 radical (unpaired) electrons. The molecule has 4 nitrogen and oxygen atoms in total. The molecule has 2 amide bonds. The summed E-state index contributed by atoms with van der Waals surface area (Å²) in [6.45, 7) is 2.10. The van der Waals surface area contributed by atoms with Gasteiger partial charge in [0.2, 0.25) is 0 Å². The molecule has 0 spiro atoms. The van der Waals surface area contributed by atoms with E-state index >= 15 is 0 Å². The molecular formula is C22H26N2O2S. The zero-order chi connectivity index (χ0) is 18.6. The van der Waals surface area contributed by atoms with Crippen molar-refractivity contribution < 1.29 is 9.59 Å². The molecule has 2 aromatic rings. The van der Waals surface area contributed by atoms with Crippen LogP contribution in [0.2, 0.25) is 0 Å². The van der Waals surface area contributed by atoms with Gasteiger partial charge in [0.25, 0.3) is 11.8 Å². The van der Waals surface area contributed by atoms with Gasteiger partial charge >= 0.3 is 0 Å². The average Bonchev–Trinajstić information content (AvgIpc) is 3.16. The smallest absolute Gasteiger partial charge is 0.261 e. The molecule has 142 valence electrons. The number of carbonyl (C=O) groups is 2. The zero-order valence-electron chi connectivity index (χ0n) is 15.6. The quantitative estimate of drug-likeness (QED) is 0.859. The molecular weight excluding hydrogens is 356 g/mol. The van der Waals surface area contributed by atoms with E-state index in [0.29, 0.717) is 19.0 Å². The third kappa shape index (κ3) is 4.24. The summed E-state index contributed by atoms with van der Waals surface area (Å²) < 4.78 is 0. The van der Waals surface area contributed by atoms with Gasteiger partial charge in [-0.25, -0.2) is 0 Å². The Kier molecular flexibility index (Phi) is 5.58. The molecule has 27 heavy (non-hydrogen) atoms. The molecule has 0 atom stereocenters. The van der Waals surface area contributed by atoms with Crippen LogP contribution in [0.15, 0.2) is 36.4 Å². The first-order chi connectivity index (χ1) is 13.2. The van der Waals surface area contributed by atoms with Crippen molar-refractivity contribution in [3.63, 3.8) is 0 Å². The van der Waals surface area contributed by atoms with Gasteiger partial charge in [-0.15, -0.1) is 11.3 Å². The number of amides is 2. The number of rotatable bonds is 4. The van der Waals surface area contributed by atoms with Crippen LogP contribution < -0.4 is 5.32 Å². The fourth-order valence-electron chi connectivity index (χ4n) is 4.10. The minimum absolute atomic E-state index is 0.0425. The summed E-state index contributed by atoms with van der Waals surface area (Å²) in [5, 5.41) is 3.13. The maximum Gasteiger partial charge on any atom is 0.261 e. The molecule has 0 unspecified atom stereocenters. The highest BCUT2D eigenvalue weighted by Crippen LogP contribution is 2.29. The molecule has 0 saturated heterocycles. The molecule has 1 aliphatic carbocycles. The van der Waals surface area contributed by atoms with Gasteiger partial charge in [-0.2, -0.15) is 0 Å². The number of thiophene rings is 1. The summed E-state index contributed by atoms with van der Waals surface area (Å²) in [5.41, 5.74) is 1.85. The molecule has 1 fully saturated rings. The van der Waals surface area contributed by atoms with Gasteiger partial charge in [0.15, 0.2) is 0 Å². The fourth-order valence-corrected chi connectivity index (χ4v) is 5.18. The first-order valence-corrected chi connectivity index (χ1v) is 10.8. The van der Waals surface area contributed by atoms with Crippen LogP contribution >= 0.6 is 11.3 Å². The van der Waals surface area contributed by atoms with Crippen molar-refractivity contribution in [2.24, 2.45) is 5.92 Å². The van der Waals surface area contributed by atoms with E-state index in [9.17, 15) is 9.59 Å². The third-order valence-electron chi connectivity index (χ3n) is 5.67. The minimum Gasteiger partial charge on any atom is -0.351 e. The van der Waals surface area contributed by atoms with Crippen LogP contribution in [0.5, 0.6) is 0 Å². The van der Waals surface area contributed by atoms with E-state index in [1.54, 1.807) is 11.3 Å². The number of fused-ring (bicyclic) bond motifs is 1. The van der Waals surface area contributed by atoms with Crippen LogP contribution in [0, 0.1) is 5.92 Å². The maximum absolute atomic E-state index is 12.7. The van der Waals surface area contributed by atoms with Crippen molar-refractivity contribution in [1.29, 1.82) is 0 Å². The SMILES string of the molecule is O=C(NCC1CCCCC1)c1cc2c(s1)CCN(C(=O)c1ccccc1)C2. The summed E-state index contributed by atoms with van der Waals surface area (Å²) >= 11 is 1.59. The second-order valence-electron chi connectivity index (χ2n) is 7.62. The average molecular weight is 383 g/mol. The zero-order valence-corrected chi connectivity index (χ0v) is 16.4. The molecule has 2 heterocycles. The summed E-state index contributed by atoms with van der Waals surface area (Å²) in [7, 11) is 0. The van der Waals surface area contributed by atoms with E-state index < -0.39 is 0 Å². The number of nitrogens with one attached hydrogen (secondary N) is 1. The normalized spacial score (nSPS) is 17.4. The molecule has 1 aliphatic heterocycles. The van der Waals surface area contributed by atoms with Crippen molar-refractivity contribution >= 4 is 23.2 Å². The Labute approximate surface area is 164 Å². The number of carbonyl (C=O) groups excluding carboxylic acids is 2. The number of hydrogen-bond donors (Lipinski definition) is 1.